The molecule has 0 aromatic rings. The van der Waals surface area contributed by atoms with Gasteiger partial charge in [-0.05, 0) is 20.3 Å². The van der Waals surface area contributed by atoms with E-state index in [1.807, 2.05) is 13.8 Å². The largest absolute Gasteiger partial charge is 0.464 e. The van der Waals surface area contributed by atoms with Crippen molar-refractivity contribution in [1.82, 2.24) is 0 Å². The number of rotatable bonds is 8. The first-order valence-electron chi connectivity index (χ1n) is 5.39. The zero-order valence-corrected chi connectivity index (χ0v) is 10.6. The lowest BCUT2D eigenvalue weighted by molar-refractivity contribution is -0.147. The smallest absolute Gasteiger partial charge is 0.322 e. The van der Waals surface area contributed by atoms with Gasteiger partial charge in [-0.3, -0.25) is 4.79 Å². The maximum Gasteiger partial charge on any atom is 0.322 e. The van der Waals surface area contributed by atoms with Crippen molar-refractivity contribution in [3.8, 4) is 0 Å². The molecule has 0 fully saturated rings. The Hall–Kier alpha value is -0.650. The highest BCUT2D eigenvalue weighted by atomic mass is 16.5. The van der Waals surface area contributed by atoms with Gasteiger partial charge in [-0.15, -0.1) is 0 Å². The van der Waals surface area contributed by atoms with Crippen molar-refractivity contribution in [3.63, 3.8) is 0 Å². The van der Waals surface area contributed by atoms with Gasteiger partial charge >= 0.3 is 5.97 Å². The van der Waals surface area contributed by atoms with Crippen LogP contribution in [0.2, 0.25) is 0 Å². The lowest BCUT2D eigenvalue weighted by atomic mass is 10.1. The molecule has 0 spiro atoms. The van der Waals surface area contributed by atoms with Gasteiger partial charge in [0.15, 0.2) is 0 Å². The molecule has 0 heterocycles. The van der Waals surface area contributed by atoms with E-state index < -0.39 is 6.04 Å². The second-order valence-corrected chi connectivity index (χ2v) is 4.27. The molecular weight excluding hydrogens is 210 g/mol. The fraction of sp³-hybridized carbons (Fsp3) is 0.909. The van der Waals surface area contributed by atoms with Crippen LogP contribution < -0.4 is 5.73 Å². The lowest BCUT2D eigenvalue weighted by Gasteiger charge is -2.22. The SMILES string of the molecule is COCCC(N)C(=O)OCCC(C)(C)OC. The first-order valence-corrected chi connectivity index (χ1v) is 5.39. The molecule has 1 atom stereocenters. The van der Waals surface area contributed by atoms with Crippen LogP contribution in [0.5, 0.6) is 0 Å². The van der Waals surface area contributed by atoms with E-state index in [1.165, 1.54) is 0 Å². The molecule has 0 aliphatic heterocycles. The highest BCUT2D eigenvalue weighted by Crippen LogP contribution is 2.12. The summed E-state index contributed by atoms with van der Waals surface area (Å²) in [6.07, 6.45) is 1.12. The Balaban J connectivity index is 3.72. The molecule has 2 N–H and O–H groups in total. The van der Waals surface area contributed by atoms with Crippen molar-refractivity contribution in [2.75, 3.05) is 27.4 Å². The third-order valence-corrected chi connectivity index (χ3v) is 2.44. The van der Waals surface area contributed by atoms with Gasteiger partial charge in [0.25, 0.3) is 0 Å². The number of ether oxygens (including phenoxy) is 3. The van der Waals surface area contributed by atoms with Crippen LogP contribution in [-0.4, -0.2) is 45.0 Å². The van der Waals surface area contributed by atoms with Gasteiger partial charge in [-0.1, -0.05) is 0 Å². The summed E-state index contributed by atoms with van der Waals surface area (Å²) in [4.78, 5) is 11.4. The highest BCUT2D eigenvalue weighted by Gasteiger charge is 2.19. The summed E-state index contributed by atoms with van der Waals surface area (Å²) in [5.74, 6) is -0.385. The number of hydrogen-bond donors (Lipinski definition) is 1. The zero-order valence-electron chi connectivity index (χ0n) is 10.6. The Morgan fingerprint density at radius 3 is 2.44 bits per heavy atom. The molecule has 0 rings (SSSR count). The normalized spacial score (nSPS) is 13.6. The first kappa shape index (κ1) is 15.3. The van der Waals surface area contributed by atoms with E-state index in [4.69, 9.17) is 19.9 Å². The van der Waals surface area contributed by atoms with Gasteiger partial charge in [0.2, 0.25) is 0 Å². The van der Waals surface area contributed by atoms with Crippen LogP contribution in [0, 0.1) is 0 Å². The van der Waals surface area contributed by atoms with Crippen LogP contribution in [0.3, 0.4) is 0 Å². The van der Waals surface area contributed by atoms with Crippen LogP contribution >= 0.6 is 0 Å². The average molecular weight is 233 g/mol. The molecule has 0 aliphatic carbocycles. The molecule has 96 valence electrons. The van der Waals surface area contributed by atoms with E-state index in [0.29, 0.717) is 26.1 Å². The average Bonchev–Trinajstić information content (AvgIpc) is 2.25. The van der Waals surface area contributed by atoms with E-state index in [1.54, 1.807) is 14.2 Å². The van der Waals surface area contributed by atoms with E-state index in [-0.39, 0.29) is 11.6 Å². The van der Waals surface area contributed by atoms with E-state index in [2.05, 4.69) is 0 Å². The van der Waals surface area contributed by atoms with Crippen molar-refractivity contribution in [2.24, 2.45) is 5.73 Å². The number of nitrogens with two attached hydrogens (primary N) is 1. The minimum absolute atomic E-state index is 0.281. The Bertz CT molecular complexity index is 206. The monoisotopic (exact) mass is 233 g/mol. The molecule has 0 radical (unpaired) electrons. The van der Waals surface area contributed by atoms with Gasteiger partial charge in [-0.25, -0.2) is 0 Å². The van der Waals surface area contributed by atoms with Gasteiger partial charge in [-0.2, -0.15) is 0 Å². The van der Waals surface area contributed by atoms with Crippen LogP contribution in [0.4, 0.5) is 0 Å². The van der Waals surface area contributed by atoms with Crippen LogP contribution in [-0.2, 0) is 19.0 Å². The molecule has 16 heavy (non-hydrogen) atoms. The molecule has 0 bridgehead atoms. The van der Waals surface area contributed by atoms with Gasteiger partial charge in [0.05, 0.1) is 12.2 Å². The summed E-state index contributed by atoms with van der Waals surface area (Å²) in [6, 6.07) is -0.606. The number of carbonyl (C=O) groups excluding carboxylic acids is 1. The summed E-state index contributed by atoms with van der Waals surface area (Å²) >= 11 is 0. The molecule has 0 saturated heterocycles. The molecule has 0 aromatic carbocycles. The Morgan fingerprint density at radius 1 is 1.31 bits per heavy atom. The Morgan fingerprint density at radius 2 is 1.94 bits per heavy atom. The fourth-order valence-corrected chi connectivity index (χ4v) is 0.969. The summed E-state index contributed by atoms with van der Waals surface area (Å²) in [6.45, 7) is 4.65. The van der Waals surface area contributed by atoms with Gasteiger partial charge in [0, 0.05) is 27.2 Å². The number of esters is 1. The number of methoxy groups -OCH3 is 2. The minimum Gasteiger partial charge on any atom is -0.464 e. The van der Waals surface area contributed by atoms with Crippen molar-refractivity contribution in [2.45, 2.75) is 38.3 Å². The second-order valence-electron chi connectivity index (χ2n) is 4.27. The molecular formula is C11H23NO4. The van der Waals surface area contributed by atoms with E-state index in [9.17, 15) is 4.79 Å². The third-order valence-electron chi connectivity index (χ3n) is 2.44. The zero-order chi connectivity index (χ0) is 12.6. The Labute approximate surface area is 97.2 Å². The summed E-state index contributed by atoms with van der Waals surface area (Å²) in [7, 11) is 3.20. The van der Waals surface area contributed by atoms with Crippen molar-refractivity contribution >= 4 is 5.97 Å². The highest BCUT2D eigenvalue weighted by molar-refractivity contribution is 5.75. The maximum absolute atomic E-state index is 11.4. The summed E-state index contributed by atoms with van der Waals surface area (Å²) in [5.41, 5.74) is 5.32. The number of hydrogen-bond acceptors (Lipinski definition) is 5. The molecule has 0 aliphatic rings. The van der Waals surface area contributed by atoms with Crippen LogP contribution in [0.15, 0.2) is 0 Å². The first-order chi connectivity index (χ1) is 7.43. The van der Waals surface area contributed by atoms with Crippen LogP contribution in [0.1, 0.15) is 26.7 Å². The third kappa shape index (κ3) is 6.76. The summed E-state index contributed by atoms with van der Waals surface area (Å²) in [5, 5.41) is 0. The fourth-order valence-electron chi connectivity index (χ4n) is 0.969. The molecule has 0 saturated carbocycles. The van der Waals surface area contributed by atoms with Crippen molar-refractivity contribution in [1.29, 1.82) is 0 Å². The summed E-state index contributed by atoms with van der Waals surface area (Å²) < 4.78 is 15.1. The maximum atomic E-state index is 11.4. The molecule has 1 unspecified atom stereocenters. The predicted octanol–water partition coefficient (Wildman–Crippen LogP) is 0.709. The van der Waals surface area contributed by atoms with E-state index >= 15 is 0 Å². The molecule has 0 amide bonds. The van der Waals surface area contributed by atoms with Crippen molar-refractivity contribution in [3.05, 3.63) is 0 Å². The topological polar surface area (TPSA) is 70.8 Å². The predicted molar refractivity (Wildman–Crippen MR) is 61.1 cm³/mol. The standard InChI is InChI=1S/C11H23NO4/c1-11(2,15-4)6-8-16-10(13)9(12)5-7-14-3/h9H,5-8,12H2,1-4H3. The van der Waals surface area contributed by atoms with Crippen molar-refractivity contribution < 1.29 is 19.0 Å². The Kier molecular flexibility index (Phi) is 7.29. The minimum atomic E-state index is -0.606. The van der Waals surface area contributed by atoms with Crippen LogP contribution in [0.25, 0.3) is 0 Å². The van der Waals surface area contributed by atoms with E-state index in [0.717, 1.165) is 0 Å². The second kappa shape index (κ2) is 7.60. The molecule has 5 heteroatoms. The number of carbonyl (C=O) groups is 1. The van der Waals surface area contributed by atoms with Gasteiger partial charge < -0.3 is 19.9 Å². The lowest BCUT2D eigenvalue weighted by Crippen LogP contribution is -2.34. The quantitative estimate of drug-likeness (QED) is 0.625. The molecule has 0 aromatic heterocycles. The van der Waals surface area contributed by atoms with Gasteiger partial charge in [0.1, 0.15) is 6.04 Å². The molecule has 5 nitrogen and oxygen atoms in total.